The number of hydrogen-bond donors (Lipinski definition) is 0. The molecule has 0 fully saturated rings. The summed E-state index contributed by atoms with van der Waals surface area (Å²) in [5.41, 5.74) is 13.4. The van der Waals surface area contributed by atoms with Crippen LogP contribution in [0.25, 0.3) is 130 Å². The average molecular weight is 767 g/mol. The number of thiophene rings is 1. The maximum absolute atomic E-state index is 5.75. The Bertz CT molecular complexity index is 3950. The van der Waals surface area contributed by atoms with Crippen LogP contribution in [0.1, 0.15) is 0 Å². The van der Waals surface area contributed by atoms with E-state index in [2.05, 4.69) is 191 Å². The largest absolute Gasteiger partial charge is 0.308 e. The van der Waals surface area contributed by atoms with Gasteiger partial charge in [0.25, 0.3) is 0 Å². The molecule has 5 aromatic heterocycles. The minimum absolute atomic E-state index is 0.663. The number of fused-ring (bicyclic) bond motifs is 7. The van der Waals surface area contributed by atoms with Crippen LogP contribution in [-0.4, -0.2) is 18.9 Å². The summed E-state index contributed by atoms with van der Waals surface area (Å²) in [7, 11) is 0. The summed E-state index contributed by atoms with van der Waals surface area (Å²) >= 11 is 1.88. The molecule has 0 aliphatic rings. The van der Waals surface area contributed by atoms with Crippen LogP contribution < -0.4 is 0 Å². The second-order valence-corrected chi connectivity index (χ2v) is 16.8. The topological polar surface area (TPSA) is 35.1 Å². The summed E-state index contributed by atoms with van der Waals surface area (Å²) in [6, 6.07) is 66.1. The third-order valence-corrected chi connectivity index (χ3v) is 13.7. The van der Waals surface area contributed by atoms with E-state index in [1.165, 1.54) is 58.3 Å². The SMILES string of the molecule is c1ccc(-c2cc(-c3ccccc3)cc(-c3nc(-n4c5ccc6sc7cccc8c7c6c5c5c4ccc4c6ccccc6n8c45)nc4ccc5ccccc5c34)c2)cc1. The molecule has 0 saturated heterocycles. The highest BCUT2D eigenvalue weighted by molar-refractivity contribution is 7.26. The maximum Gasteiger partial charge on any atom is 0.235 e. The highest BCUT2D eigenvalue weighted by Gasteiger charge is 2.27. The van der Waals surface area contributed by atoms with Gasteiger partial charge in [-0.3, -0.25) is 4.57 Å². The van der Waals surface area contributed by atoms with Crippen LogP contribution in [0.4, 0.5) is 0 Å². The van der Waals surface area contributed by atoms with Gasteiger partial charge in [-0.15, -0.1) is 11.3 Å². The van der Waals surface area contributed by atoms with Crippen LogP contribution in [0, 0.1) is 0 Å². The molecule has 0 N–H and O–H groups in total. The zero-order valence-electron chi connectivity index (χ0n) is 31.5. The van der Waals surface area contributed by atoms with Crippen molar-refractivity contribution in [1.82, 2.24) is 18.9 Å². The predicted octanol–water partition coefficient (Wildman–Crippen LogP) is 14.7. The van der Waals surface area contributed by atoms with Gasteiger partial charge >= 0.3 is 0 Å². The van der Waals surface area contributed by atoms with Gasteiger partial charge in [-0.25, -0.2) is 9.97 Å². The average Bonchev–Trinajstić information content (AvgIpc) is 3.93. The molecular weight excluding hydrogens is 737 g/mol. The zero-order valence-corrected chi connectivity index (χ0v) is 32.3. The summed E-state index contributed by atoms with van der Waals surface area (Å²) in [5.74, 6) is 0.663. The first-order chi connectivity index (χ1) is 29.3. The summed E-state index contributed by atoms with van der Waals surface area (Å²) in [5, 5.41) is 11.0. The normalized spacial score (nSPS) is 12.4. The number of nitrogens with zero attached hydrogens (tertiary/aromatic N) is 4. The van der Waals surface area contributed by atoms with Crippen molar-refractivity contribution in [2.24, 2.45) is 0 Å². The van der Waals surface area contributed by atoms with Crippen LogP contribution in [-0.2, 0) is 0 Å². The van der Waals surface area contributed by atoms with E-state index < -0.39 is 0 Å². The summed E-state index contributed by atoms with van der Waals surface area (Å²) in [6.07, 6.45) is 0. The van der Waals surface area contributed by atoms with Crippen molar-refractivity contribution in [3.05, 3.63) is 182 Å². The van der Waals surface area contributed by atoms with Gasteiger partial charge in [0.1, 0.15) is 0 Å². The lowest BCUT2D eigenvalue weighted by Gasteiger charge is -2.16. The van der Waals surface area contributed by atoms with E-state index >= 15 is 0 Å². The van der Waals surface area contributed by atoms with Gasteiger partial charge in [-0.05, 0) is 93.7 Å². The Morgan fingerprint density at radius 1 is 0.373 bits per heavy atom. The molecule has 0 saturated carbocycles. The molecule has 0 atom stereocenters. The van der Waals surface area contributed by atoms with E-state index in [9.17, 15) is 0 Å². The second-order valence-electron chi connectivity index (χ2n) is 15.7. The minimum atomic E-state index is 0.663. The van der Waals surface area contributed by atoms with Gasteiger partial charge in [0.15, 0.2) is 0 Å². The quantitative estimate of drug-likeness (QED) is 0.167. The Hall–Kier alpha value is -7.60. The van der Waals surface area contributed by atoms with E-state index in [-0.39, 0.29) is 0 Å². The zero-order chi connectivity index (χ0) is 38.3. The minimum Gasteiger partial charge on any atom is -0.308 e. The van der Waals surface area contributed by atoms with Crippen LogP contribution >= 0.6 is 11.3 Å². The first kappa shape index (κ1) is 31.5. The monoisotopic (exact) mass is 766 g/mol. The molecule has 0 radical (unpaired) electrons. The lowest BCUT2D eigenvalue weighted by atomic mass is 9.93. The molecule has 59 heavy (non-hydrogen) atoms. The van der Waals surface area contributed by atoms with Gasteiger partial charge in [0.2, 0.25) is 5.95 Å². The van der Waals surface area contributed by atoms with Crippen LogP contribution in [0.5, 0.6) is 0 Å². The maximum atomic E-state index is 5.75. The third-order valence-electron chi connectivity index (χ3n) is 12.6. The molecule has 0 aliphatic heterocycles. The molecule has 5 heterocycles. The molecule has 0 aliphatic carbocycles. The van der Waals surface area contributed by atoms with E-state index in [4.69, 9.17) is 9.97 Å². The number of para-hydroxylation sites is 1. The summed E-state index contributed by atoms with van der Waals surface area (Å²) in [6.45, 7) is 0. The Labute approximate surface area is 341 Å². The lowest BCUT2D eigenvalue weighted by Crippen LogP contribution is -2.04. The van der Waals surface area contributed by atoms with Crippen molar-refractivity contribution in [2.45, 2.75) is 0 Å². The Kier molecular flexibility index (Phi) is 6.14. The molecule has 0 unspecified atom stereocenters. The van der Waals surface area contributed by atoms with E-state index in [0.717, 1.165) is 66.2 Å². The lowest BCUT2D eigenvalue weighted by molar-refractivity contribution is 1.01. The second kappa shape index (κ2) is 11.5. The molecule has 14 rings (SSSR count). The van der Waals surface area contributed by atoms with Gasteiger partial charge in [-0.1, -0.05) is 121 Å². The highest BCUT2D eigenvalue weighted by atomic mass is 32.1. The van der Waals surface area contributed by atoms with E-state index in [0.29, 0.717) is 5.95 Å². The smallest absolute Gasteiger partial charge is 0.235 e. The number of aromatic nitrogens is 4. The Morgan fingerprint density at radius 2 is 1.03 bits per heavy atom. The van der Waals surface area contributed by atoms with Crippen LogP contribution in [0.15, 0.2) is 182 Å². The molecule has 0 amide bonds. The first-order valence-corrected chi connectivity index (χ1v) is 20.9. The number of rotatable bonds is 4. The van der Waals surface area contributed by atoms with Crippen molar-refractivity contribution in [1.29, 1.82) is 0 Å². The molecule has 14 aromatic rings. The number of benzene rings is 9. The van der Waals surface area contributed by atoms with Crippen LogP contribution in [0.3, 0.4) is 0 Å². The highest BCUT2D eigenvalue weighted by Crippen LogP contribution is 2.50. The molecular formula is C54H30N4S. The van der Waals surface area contributed by atoms with E-state index in [1.807, 2.05) is 11.3 Å². The standard InChI is InChI=1S/C54H30N4S/c1-3-12-31(13-4-1)34-28-35(32-14-5-2-6-15-32)30-36(29-34)52-47-37-17-8-7-16-33(37)22-24-40(47)55-54(56-52)58-43-26-27-46-51-48-42(20-11-21-45(48)59-46)57-41-19-10-9-18-38(41)39-23-25-44(58)50(49(43)51)53(39)57/h1-30H. The fourth-order valence-corrected chi connectivity index (χ4v) is 11.3. The fourth-order valence-electron chi connectivity index (χ4n) is 10.1. The Morgan fingerprint density at radius 3 is 1.85 bits per heavy atom. The van der Waals surface area contributed by atoms with Crippen molar-refractivity contribution >= 4 is 102 Å². The number of hydrogen-bond acceptors (Lipinski definition) is 3. The van der Waals surface area contributed by atoms with Crippen molar-refractivity contribution < 1.29 is 0 Å². The fraction of sp³-hybridized carbons (Fsp3) is 0. The summed E-state index contributed by atoms with van der Waals surface area (Å²) < 4.78 is 7.45. The van der Waals surface area contributed by atoms with Gasteiger partial charge in [0, 0.05) is 52.7 Å². The van der Waals surface area contributed by atoms with Crippen LogP contribution in [0.2, 0.25) is 0 Å². The molecule has 4 nitrogen and oxygen atoms in total. The van der Waals surface area contributed by atoms with Gasteiger partial charge in [-0.2, -0.15) is 0 Å². The molecule has 0 spiro atoms. The first-order valence-electron chi connectivity index (χ1n) is 20.1. The molecule has 9 aromatic carbocycles. The van der Waals surface area contributed by atoms with Crippen molar-refractivity contribution in [3.8, 4) is 39.5 Å². The van der Waals surface area contributed by atoms with E-state index in [1.54, 1.807) is 0 Å². The van der Waals surface area contributed by atoms with Gasteiger partial charge in [0.05, 0.1) is 38.8 Å². The van der Waals surface area contributed by atoms with Crippen molar-refractivity contribution in [2.75, 3.05) is 0 Å². The Balaban J connectivity index is 1.15. The summed E-state index contributed by atoms with van der Waals surface area (Å²) in [4.78, 5) is 11.3. The van der Waals surface area contributed by atoms with Gasteiger partial charge < -0.3 is 4.40 Å². The third kappa shape index (κ3) is 4.21. The van der Waals surface area contributed by atoms with Crippen molar-refractivity contribution in [3.63, 3.8) is 0 Å². The molecule has 0 bridgehead atoms. The molecule has 5 heteroatoms. The molecule has 272 valence electrons. The predicted molar refractivity (Wildman–Crippen MR) is 249 cm³/mol.